The second kappa shape index (κ2) is 6.89. The molecule has 5 nitrogen and oxygen atoms in total. The summed E-state index contributed by atoms with van der Waals surface area (Å²) in [5.74, 6) is 0.969. The van der Waals surface area contributed by atoms with E-state index in [9.17, 15) is 4.79 Å². The van der Waals surface area contributed by atoms with E-state index in [1.807, 2.05) is 48.5 Å². The molecule has 1 amide bonds. The number of hydrogen-bond donors (Lipinski definition) is 0. The molecule has 1 aliphatic rings. The SMILES string of the molecule is O=C(c1coc(-c2ccccc2)n1)N(c1ccccn1)C1CCCC1. The number of carbonyl (C=O) groups is 1. The molecule has 2 heterocycles. The predicted octanol–water partition coefficient (Wildman–Crippen LogP) is 4.33. The molecule has 2 aromatic heterocycles. The fourth-order valence-electron chi connectivity index (χ4n) is 3.32. The number of pyridine rings is 1. The normalized spacial score (nSPS) is 14.6. The summed E-state index contributed by atoms with van der Waals surface area (Å²) in [5.41, 5.74) is 1.17. The molecule has 1 aliphatic carbocycles. The van der Waals surface area contributed by atoms with Crippen LogP contribution in [0.5, 0.6) is 0 Å². The molecule has 1 saturated carbocycles. The van der Waals surface area contributed by atoms with Gasteiger partial charge in [0.2, 0.25) is 5.89 Å². The molecule has 0 bridgehead atoms. The van der Waals surface area contributed by atoms with Crippen molar-refractivity contribution in [2.24, 2.45) is 0 Å². The minimum absolute atomic E-state index is 0.156. The zero-order valence-electron chi connectivity index (χ0n) is 13.8. The summed E-state index contributed by atoms with van der Waals surface area (Å²) in [6.07, 6.45) is 7.40. The molecule has 0 aliphatic heterocycles. The van der Waals surface area contributed by atoms with Gasteiger partial charge in [0.25, 0.3) is 5.91 Å². The number of benzene rings is 1. The molecule has 4 rings (SSSR count). The second-order valence-electron chi connectivity index (χ2n) is 6.21. The summed E-state index contributed by atoms with van der Waals surface area (Å²) in [7, 11) is 0. The average Bonchev–Trinajstić information content (AvgIpc) is 3.36. The molecule has 0 atom stereocenters. The van der Waals surface area contributed by atoms with Crippen LogP contribution in [0.4, 0.5) is 5.82 Å². The van der Waals surface area contributed by atoms with Crippen LogP contribution in [-0.2, 0) is 0 Å². The topological polar surface area (TPSA) is 59.2 Å². The van der Waals surface area contributed by atoms with Crippen molar-refractivity contribution in [2.75, 3.05) is 4.90 Å². The Labute approximate surface area is 146 Å². The number of hydrogen-bond acceptors (Lipinski definition) is 4. The van der Waals surface area contributed by atoms with Crippen LogP contribution in [0.15, 0.2) is 65.4 Å². The van der Waals surface area contributed by atoms with Crippen LogP contribution >= 0.6 is 0 Å². The van der Waals surface area contributed by atoms with Crippen molar-refractivity contribution in [3.05, 3.63) is 66.7 Å². The monoisotopic (exact) mass is 333 g/mol. The number of oxazole rings is 1. The highest BCUT2D eigenvalue weighted by Crippen LogP contribution is 2.29. The third kappa shape index (κ3) is 3.18. The van der Waals surface area contributed by atoms with Gasteiger partial charge in [0.15, 0.2) is 5.69 Å². The van der Waals surface area contributed by atoms with Crippen LogP contribution < -0.4 is 4.90 Å². The van der Waals surface area contributed by atoms with E-state index in [2.05, 4.69) is 9.97 Å². The van der Waals surface area contributed by atoms with Crippen LogP contribution in [0.25, 0.3) is 11.5 Å². The van der Waals surface area contributed by atoms with E-state index >= 15 is 0 Å². The van der Waals surface area contributed by atoms with Gasteiger partial charge in [0.05, 0.1) is 0 Å². The lowest BCUT2D eigenvalue weighted by Gasteiger charge is -2.27. The summed E-state index contributed by atoms with van der Waals surface area (Å²) < 4.78 is 5.54. The minimum atomic E-state index is -0.156. The Balaban J connectivity index is 1.66. The molecule has 0 N–H and O–H groups in total. The molecule has 0 unspecified atom stereocenters. The number of carbonyl (C=O) groups excluding carboxylic acids is 1. The summed E-state index contributed by atoms with van der Waals surface area (Å²) in [5, 5.41) is 0. The quantitative estimate of drug-likeness (QED) is 0.713. The lowest BCUT2D eigenvalue weighted by atomic mass is 10.2. The van der Waals surface area contributed by atoms with Gasteiger partial charge < -0.3 is 4.42 Å². The standard InChI is InChI=1S/C20H19N3O2/c24-20(17-14-25-19(22-17)15-8-2-1-3-9-15)23(16-10-4-5-11-16)18-12-6-7-13-21-18/h1-3,6-9,12-14,16H,4-5,10-11H2. The Morgan fingerprint density at radius 2 is 1.80 bits per heavy atom. The van der Waals surface area contributed by atoms with E-state index in [-0.39, 0.29) is 11.9 Å². The molecule has 1 aromatic carbocycles. The Kier molecular flexibility index (Phi) is 4.29. The number of anilines is 1. The van der Waals surface area contributed by atoms with Gasteiger partial charge in [-0.05, 0) is 37.1 Å². The van der Waals surface area contributed by atoms with E-state index in [0.717, 1.165) is 31.2 Å². The molecule has 126 valence electrons. The first-order valence-electron chi connectivity index (χ1n) is 8.58. The first-order chi connectivity index (χ1) is 12.3. The van der Waals surface area contributed by atoms with Crippen molar-refractivity contribution in [1.82, 2.24) is 9.97 Å². The van der Waals surface area contributed by atoms with Gasteiger partial charge in [0, 0.05) is 17.8 Å². The minimum Gasteiger partial charge on any atom is -0.444 e. The van der Waals surface area contributed by atoms with Gasteiger partial charge in [-0.25, -0.2) is 9.97 Å². The highest BCUT2D eigenvalue weighted by molar-refractivity contribution is 6.04. The van der Waals surface area contributed by atoms with Crippen LogP contribution in [0.2, 0.25) is 0 Å². The molecule has 0 saturated heterocycles. The van der Waals surface area contributed by atoms with Crippen molar-refractivity contribution in [1.29, 1.82) is 0 Å². The van der Waals surface area contributed by atoms with Crippen LogP contribution in [-0.4, -0.2) is 21.9 Å². The van der Waals surface area contributed by atoms with E-state index in [4.69, 9.17) is 4.42 Å². The smallest absolute Gasteiger partial charge is 0.281 e. The van der Waals surface area contributed by atoms with Crippen LogP contribution in [0.1, 0.15) is 36.2 Å². The van der Waals surface area contributed by atoms with Gasteiger partial charge in [-0.3, -0.25) is 9.69 Å². The molecular formula is C20H19N3O2. The highest BCUT2D eigenvalue weighted by Gasteiger charge is 2.31. The Morgan fingerprint density at radius 1 is 1.04 bits per heavy atom. The van der Waals surface area contributed by atoms with E-state index in [1.54, 1.807) is 11.1 Å². The third-order valence-corrected chi connectivity index (χ3v) is 4.55. The summed E-state index contributed by atoms with van der Waals surface area (Å²) >= 11 is 0. The number of rotatable bonds is 4. The fourth-order valence-corrected chi connectivity index (χ4v) is 3.32. The van der Waals surface area contributed by atoms with Crippen LogP contribution in [0.3, 0.4) is 0 Å². The maximum atomic E-state index is 13.1. The van der Waals surface area contributed by atoms with Gasteiger partial charge in [-0.15, -0.1) is 0 Å². The highest BCUT2D eigenvalue weighted by atomic mass is 16.3. The molecule has 0 spiro atoms. The number of aromatic nitrogens is 2. The number of nitrogens with zero attached hydrogens (tertiary/aromatic N) is 3. The second-order valence-corrected chi connectivity index (χ2v) is 6.21. The fraction of sp³-hybridized carbons (Fsp3) is 0.250. The zero-order valence-corrected chi connectivity index (χ0v) is 13.8. The average molecular weight is 333 g/mol. The van der Waals surface area contributed by atoms with Gasteiger partial charge in [0.1, 0.15) is 12.1 Å². The number of amides is 1. The molecule has 3 aromatic rings. The molecule has 0 radical (unpaired) electrons. The van der Waals surface area contributed by atoms with Crippen molar-refractivity contribution < 1.29 is 9.21 Å². The molecule has 1 fully saturated rings. The maximum absolute atomic E-state index is 13.1. The predicted molar refractivity (Wildman–Crippen MR) is 95.2 cm³/mol. The van der Waals surface area contributed by atoms with E-state index in [1.165, 1.54) is 6.26 Å². The molecular weight excluding hydrogens is 314 g/mol. The lowest BCUT2D eigenvalue weighted by molar-refractivity contribution is 0.0971. The van der Waals surface area contributed by atoms with E-state index in [0.29, 0.717) is 17.4 Å². The Bertz CT molecular complexity index is 840. The van der Waals surface area contributed by atoms with Gasteiger partial charge in [-0.1, -0.05) is 37.1 Å². The maximum Gasteiger partial charge on any atom is 0.281 e. The summed E-state index contributed by atoms with van der Waals surface area (Å²) in [4.78, 5) is 23.7. The Morgan fingerprint density at radius 3 is 2.52 bits per heavy atom. The first-order valence-corrected chi connectivity index (χ1v) is 8.58. The zero-order chi connectivity index (χ0) is 17.1. The van der Waals surface area contributed by atoms with Crippen molar-refractivity contribution in [2.45, 2.75) is 31.7 Å². The molecule has 5 heteroatoms. The van der Waals surface area contributed by atoms with Gasteiger partial charge in [-0.2, -0.15) is 0 Å². The van der Waals surface area contributed by atoms with E-state index < -0.39 is 0 Å². The van der Waals surface area contributed by atoms with Crippen molar-refractivity contribution in [3.63, 3.8) is 0 Å². The molecule has 25 heavy (non-hydrogen) atoms. The third-order valence-electron chi connectivity index (χ3n) is 4.55. The summed E-state index contributed by atoms with van der Waals surface area (Å²) in [6, 6.07) is 15.4. The first kappa shape index (κ1) is 15.6. The Hall–Kier alpha value is -2.95. The van der Waals surface area contributed by atoms with Gasteiger partial charge >= 0.3 is 0 Å². The lowest BCUT2D eigenvalue weighted by Crippen LogP contribution is -2.39. The van der Waals surface area contributed by atoms with Crippen molar-refractivity contribution >= 4 is 11.7 Å². The largest absolute Gasteiger partial charge is 0.444 e. The summed E-state index contributed by atoms with van der Waals surface area (Å²) in [6.45, 7) is 0. The van der Waals surface area contributed by atoms with Crippen LogP contribution in [0, 0.1) is 0 Å². The van der Waals surface area contributed by atoms with Crippen molar-refractivity contribution in [3.8, 4) is 11.5 Å².